The molecule has 1 fully saturated rings. The Bertz CT molecular complexity index is 863. The number of ether oxygens (including phenoxy) is 2. The number of aromatic carboxylic acids is 1. The predicted molar refractivity (Wildman–Crippen MR) is 93.4 cm³/mol. The number of hydrogen-bond donors (Lipinski definition) is 1. The lowest BCUT2D eigenvalue weighted by Crippen LogP contribution is -2.32. The zero-order valence-electron chi connectivity index (χ0n) is 14.2. The molecule has 2 heterocycles. The van der Waals surface area contributed by atoms with Gasteiger partial charge in [0.1, 0.15) is 0 Å². The van der Waals surface area contributed by atoms with Gasteiger partial charge >= 0.3 is 5.97 Å². The summed E-state index contributed by atoms with van der Waals surface area (Å²) in [7, 11) is 0. The van der Waals surface area contributed by atoms with Crippen LogP contribution in [0.1, 0.15) is 40.4 Å². The number of hydrogen-bond acceptors (Lipinski definition) is 4. The van der Waals surface area contributed by atoms with Gasteiger partial charge in [-0.2, -0.15) is 0 Å². The Morgan fingerprint density at radius 3 is 2.77 bits per heavy atom. The highest BCUT2D eigenvalue weighted by atomic mass is 16.7. The molecule has 0 aliphatic carbocycles. The van der Waals surface area contributed by atoms with Crippen molar-refractivity contribution in [1.29, 1.82) is 0 Å². The second-order valence-electron chi connectivity index (χ2n) is 6.50. The summed E-state index contributed by atoms with van der Waals surface area (Å²) in [6.07, 6.45) is 1.89. The van der Waals surface area contributed by atoms with E-state index < -0.39 is 5.97 Å². The summed E-state index contributed by atoms with van der Waals surface area (Å²) in [5.74, 6) is 0.360. The third kappa shape index (κ3) is 2.98. The van der Waals surface area contributed by atoms with E-state index in [9.17, 15) is 14.7 Å². The monoisotopic (exact) mass is 353 g/mol. The van der Waals surface area contributed by atoms with Crippen LogP contribution >= 0.6 is 0 Å². The summed E-state index contributed by atoms with van der Waals surface area (Å²) < 4.78 is 10.8. The van der Waals surface area contributed by atoms with E-state index in [2.05, 4.69) is 0 Å². The van der Waals surface area contributed by atoms with E-state index in [-0.39, 0.29) is 30.7 Å². The molecule has 1 atom stereocenters. The van der Waals surface area contributed by atoms with Crippen LogP contribution in [0, 0.1) is 0 Å². The highest BCUT2D eigenvalue weighted by Crippen LogP contribution is 2.39. The molecule has 2 aromatic carbocycles. The fraction of sp³-hybridized carbons (Fsp3) is 0.300. The number of fused-ring (bicyclic) bond motifs is 1. The molecular weight excluding hydrogens is 334 g/mol. The van der Waals surface area contributed by atoms with Gasteiger partial charge in [0.15, 0.2) is 11.5 Å². The Balaban J connectivity index is 1.55. The largest absolute Gasteiger partial charge is 0.478 e. The smallest absolute Gasteiger partial charge is 0.335 e. The van der Waals surface area contributed by atoms with Crippen LogP contribution < -0.4 is 9.47 Å². The molecule has 1 saturated heterocycles. The first kappa shape index (κ1) is 16.4. The zero-order chi connectivity index (χ0) is 18.1. The van der Waals surface area contributed by atoms with Crippen molar-refractivity contribution in [2.24, 2.45) is 0 Å². The summed E-state index contributed by atoms with van der Waals surface area (Å²) >= 11 is 0. The average Bonchev–Trinajstić information content (AvgIpc) is 3.30. The van der Waals surface area contributed by atoms with Gasteiger partial charge < -0.3 is 19.5 Å². The van der Waals surface area contributed by atoms with Crippen LogP contribution in [-0.2, 0) is 11.2 Å². The van der Waals surface area contributed by atoms with Gasteiger partial charge in [-0.15, -0.1) is 0 Å². The van der Waals surface area contributed by atoms with Gasteiger partial charge in [0.2, 0.25) is 12.7 Å². The molecule has 1 amide bonds. The molecule has 2 aliphatic rings. The molecule has 1 unspecified atom stereocenters. The van der Waals surface area contributed by atoms with Crippen LogP contribution in [0.5, 0.6) is 11.5 Å². The quantitative estimate of drug-likeness (QED) is 0.914. The fourth-order valence-electron chi connectivity index (χ4n) is 3.68. The van der Waals surface area contributed by atoms with Crippen molar-refractivity contribution in [3.63, 3.8) is 0 Å². The van der Waals surface area contributed by atoms with Crippen LogP contribution in [0.4, 0.5) is 0 Å². The number of carboxylic acid groups (broad SMARTS) is 1. The summed E-state index contributed by atoms with van der Waals surface area (Å²) in [6.45, 7) is 0.894. The topological polar surface area (TPSA) is 76.1 Å². The molecule has 6 nitrogen and oxygen atoms in total. The standard InChI is InChI=1S/C20H19NO5/c22-19(11-13-4-1-2-5-15(13)20(23)24)21-9-3-6-16(21)14-7-8-17-18(10-14)26-12-25-17/h1-2,4-5,7-8,10,16H,3,6,9,11-12H2,(H,23,24). The molecule has 0 bridgehead atoms. The Labute approximate surface area is 151 Å². The minimum absolute atomic E-state index is 0.0195. The number of benzene rings is 2. The van der Waals surface area contributed by atoms with E-state index >= 15 is 0 Å². The fourth-order valence-corrected chi connectivity index (χ4v) is 3.68. The number of carbonyl (C=O) groups excluding carboxylic acids is 1. The van der Waals surface area contributed by atoms with E-state index in [1.54, 1.807) is 18.2 Å². The summed E-state index contributed by atoms with van der Waals surface area (Å²) in [5.41, 5.74) is 1.74. The third-order valence-electron chi connectivity index (χ3n) is 4.94. The van der Waals surface area contributed by atoms with E-state index in [0.717, 1.165) is 24.2 Å². The van der Waals surface area contributed by atoms with Gasteiger partial charge in [-0.1, -0.05) is 24.3 Å². The van der Waals surface area contributed by atoms with Crippen molar-refractivity contribution in [1.82, 2.24) is 4.90 Å². The maximum atomic E-state index is 12.9. The van der Waals surface area contributed by atoms with Crippen LogP contribution in [0.3, 0.4) is 0 Å². The molecule has 0 saturated carbocycles. The average molecular weight is 353 g/mol. The Hall–Kier alpha value is -3.02. The minimum atomic E-state index is -1.01. The molecule has 0 aromatic heterocycles. The first-order valence-electron chi connectivity index (χ1n) is 8.63. The Morgan fingerprint density at radius 2 is 1.92 bits per heavy atom. The number of amides is 1. The molecule has 2 aromatic rings. The maximum absolute atomic E-state index is 12.9. The normalized spacial score (nSPS) is 18.2. The van der Waals surface area contributed by atoms with E-state index in [4.69, 9.17) is 9.47 Å². The molecular formula is C20H19NO5. The Morgan fingerprint density at radius 1 is 1.12 bits per heavy atom. The number of carboxylic acids is 1. The third-order valence-corrected chi connectivity index (χ3v) is 4.94. The van der Waals surface area contributed by atoms with E-state index in [0.29, 0.717) is 17.9 Å². The summed E-state index contributed by atoms with van der Waals surface area (Å²) in [4.78, 5) is 26.1. The van der Waals surface area contributed by atoms with Crippen molar-refractivity contribution >= 4 is 11.9 Å². The van der Waals surface area contributed by atoms with Crippen molar-refractivity contribution in [3.8, 4) is 11.5 Å². The molecule has 4 rings (SSSR count). The van der Waals surface area contributed by atoms with Crippen molar-refractivity contribution in [3.05, 3.63) is 59.2 Å². The minimum Gasteiger partial charge on any atom is -0.478 e. The van der Waals surface area contributed by atoms with Crippen molar-refractivity contribution in [2.75, 3.05) is 13.3 Å². The number of carbonyl (C=O) groups is 2. The van der Waals surface area contributed by atoms with Crippen LogP contribution in [0.2, 0.25) is 0 Å². The highest BCUT2D eigenvalue weighted by molar-refractivity contribution is 5.91. The van der Waals surface area contributed by atoms with Gasteiger partial charge in [0.05, 0.1) is 18.0 Å². The van der Waals surface area contributed by atoms with E-state index in [1.807, 2.05) is 23.1 Å². The highest BCUT2D eigenvalue weighted by Gasteiger charge is 2.31. The molecule has 0 spiro atoms. The summed E-state index contributed by atoms with van der Waals surface area (Å²) in [6, 6.07) is 12.4. The van der Waals surface area contributed by atoms with E-state index in [1.165, 1.54) is 6.07 Å². The lowest BCUT2D eigenvalue weighted by Gasteiger charge is -2.25. The first-order valence-corrected chi connectivity index (χ1v) is 8.63. The van der Waals surface area contributed by atoms with Crippen LogP contribution in [0.15, 0.2) is 42.5 Å². The van der Waals surface area contributed by atoms with Crippen LogP contribution in [0.25, 0.3) is 0 Å². The van der Waals surface area contributed by atoms with Gasteiger partial charge in [0.25, 0.3) is 0 Å². The first-order chi connectivity index (χ1) is 12.6. The van der Waals surface area contributed by atoms with Gasteiger partial charge in [-0.05, 0) is 42.2 Å². The molecule has 2 aliphatic heterocycles. The van der Waals surface area contributed by atoms with Gasteiger partial charge in [-0.3, -0.25) is 4.79 Å². The zero-order valence-corrected chi connectivity index (χ0v) is 14.2. The lowest BCUT2D eigenvalue weighted by molar-refractivity contribution is -0.131. The van der Waals surface area contributed by atoms with Crippen LogP contribution in [-0.4, -0.2) is 35.2 Å². The second kappa shape index (κ2) is 6.71. The second-order valence-corrected chi connectivity index (χ2v) is 6.50. The lowest BCUT2D eigenvalue weighted by atomic mass is 10.0. The number of nitrogens with zero attached hydrogens (tertiary/aromatic N) is 1. The number of likely N-dealkylation sites (tertiary alicyclic amines) is 1. The van der Waals surface area contributed by atoms with Crippen molar-refractivity contribution < 1.29 is 24.2 Å². The molecule has 26 heavy (non-hydrogen) atoms. The Kier molecular flexibility index (Phi) is 4.24. The predicted octanol–water partition coefficient (Wildman–Crippen LogP) is 3.02. The summed E-state index contributed by atoms with van der Waals surface area (Å²) in [5, 5.41) is 9.31. The maximum Gasteiger partial charge on any atom is 0.335 e. The molecule has 6 heteroatoms. The van der Waals surface area contributed by atoms with Gasteiger partial charge in [0, 0.05) is 6.54 Å². The van der Waals surface area contributed by atoms with Gasteiger partial charge in [-0.25, -0.2) is 4.79 Å². The van der Waals surface area contributed by atoms with Crippen molar-refractivity contribution in [2.45, 2.75) is 25.3 Å². The molecule has 134 valence electrons. The SMILES string of the molecule is O=C(O)c1ccccc1CC(=O)N1CCCC1c1ccc2c(c1)OCO2. The molecule has 1 N–H and O–H groups in total. The molecule has 0 radical (unpaired) electrons. The number of rotatable bonds is 4.